The van der Waals surface area contributed by atoms with Crippen LogP contribution in [-0.4, -0.2) is 34.6 Å². The summed E-state index contributed by atoms with van der Waals surface area (Å²) in [5, 5.41) is 7.31. The maximum Gasteiger partial charge on any atom is 0.261 e. The second-order valence-electron chi connectivity index (χ2n) is 6.02. The number of carbonyl (C=O) groups is 1. The molecule has 2 atom stereocenters. The van der Waals surface area contributed by atoms with Crippen LogP contribution in [0.2, 0.25) is 0 Å². The van der Waals surface area contributed by atoms with Crippen LogP contribution in [0.15, 0.2) is 30.5 Å². The molecule has 0 spiro atoms. The van der Waals surface area contributed by atoms with Gasteiger partial charge in [-0.1, -0.05) is 0 Å². The van der Waals surface area contributed by atoms with Gasteiger partial charge in [-0.3, -0.25) is 9.48 Å². The first-order valence-electron chi connectivity index (χ1n) is 8.06. The van der Waals surface area contributed by atoms with Crippen molar-refractivity contribution in [3.8, 4) is 17.2 Å². The molecule has 1 N–H and O–H groups in total. The first kappa shape index (κ1) is 14.9. The minimum atomic E-state index is -0.586. The van der Waals surface area contributed by atoms with Crippen LogP contribution in [0.5, 0.6) is 17.2 Å². The zero-order chi connectivity index (χ0) is 16.5. The lowest BCUT2D eigenvalue weighted by atomic mass is 10.0. The lowest BCUT2D eigenvalue weighted by Crippen LogP contribution is -2.45. The Morgan fingerprint density at radius 1 is 1.38 bits per heavy atom. The summed E-state index contributed by atoms with van der Waals surface area (Å²) < 4.78 is 18.3. The fourth-order valence-electron chi connectivity index (χ4n) is 3.02. The van der Waals surface area contributed by atoms with Crippen LogP contribution in [0.4, 0.5) is 0 Å². The molecule has 1 aromatic heterocycles. The van der Waals surface area contributed by atoms with Crippen LogP contribution in [-0.2, 0) is 17.8 Å². The highest BCUT2D eigenvalue weighted by Crippen LogP contribution is 2.35. The number of aryl methyl sites for hydroxylation is 1. The summed E-state index contributed by atoms with van der Waals surface area (Å²) in [6.07, 6.45) is 2.88. The molecule has 7 nitrogen and oxygen atoms in total. The van der Waals surface area contributed by atoms with Crippen molar-refractivity contribution >= 4 is 5.91 Å². The van der Waals surface area contributed by atoms with E-state index in [1.807, 2.05) is 10.7 Å². The van der Waals surface area contributed by atoms with Crippen molar-refractivity contribution in [2.45, 2.75) is 38.5 Å². The molecule has 24 heavy (non-hydrogen) atoms. The van der Waals surface area contributed by atoms with Crippen LogP contribution < -0.4 is 19.5 Å². The molecule has 0 saturated carbocycles. The fourth-order valence-corrected chi connectivity index (χ4v) is 3.02. The normalized spacial score (nSPS) is 19.5. The SMILES string of the molecule is C[C@@H](Oc1ccc2c(c1)OCO2)C(=O)N[C@H]1CCn2nccc2C1. The Labute approximate surface area is 139 Å². The number of hydrogen-bond donors (Lipinski definition) is 1. The fraction of sp³-hybridized carbons (Fsp3) is 0.412. The summed E-state index contributed by atoms with van der Waals surface area (Å²) in [6.45, 7) is 2.78. The standard InChI is InChI=1S/C17H19N3O4/c1-11(24-14-2-3-15-16(9-14)23-10-22-15)17(21)19-12-5-7-20-13(8-12)4-6-18-20/h2-4,6,9,11-12H,5,7-8,10H2,1H3,(H,19,21)/t11-,12+/m1/s1. The van der Waals surface area contributed by atoms with Crippen molar-refractivity contribution in [3.63, 3.8) is 0 Å². The molecule has 1 amide bonds. The molecule has 0 bridgehead atoms. The van der Waals surface area contributed by atoms with Gasteiger partial charge in [-0.2, -0.15) is 5.10 Å². The Morgan fingerprint density at radius 2 is 2.25 bits per heavy atom. The molecule has 0 fully saturated rings. The average molecular weight is 329 g/mol. The Morgan fingerprint density at radius 3 is 3.17 bits per heavy atom. The number of rotatable bonds is 4. The van der Waals surface area contributed by atoms with Crippen LogP contribution in [0.3, 0.4) is 0 Å². The number of nitrogens with zero attached hydrogens (tertiary/aromatic N) is 2. The molecule has 2 aliphatic heterocycles. The number of amides is 1. The molecule has 7 heteroatoms. The molecular formula is C17H19N3O4. The lowest BCUT2D eigenvalue weighted by molar-refractivity contribution is -0.128. The van der Waals surface area contributed by atoms with E-state index in [1.54, 1.807) is 31.3 Å². The first-order chi connectivity index (χ1) is 11.7. The third-order valence-electron chi connectivity index (χ3n) is 4.32. The second-order valence-corrected chi connectivity index (χ2v) is 6.02. The number of ether oxygens (including phenoxy) is 3. The van der Waals surface area contributed by atoms with Gasteiger partial charge in [0.1, 0.15) is 5.75 Å². The van der Waals surface area contributed by atoms with E-state index in [0.29, 0.717) is 17.2 Å². The summed E-state index contributed by atoms with van der Waals surface area (Å²) >= 11 is 0. The van der Waals surface area contributed by atoms with E-state index in [2.05, 4.69) is 10.4 Å². The predicted octanol–water partition coefficient (Wildman–Crippen LogP) is 1.51. The van der Waals surface area contributed by atoms with Crippen molar-refractivity contribution in [1.82, 2.24) is 15.1 Å². The lowest BCUT2D eigenvalue weighted by Gasteiger charge is -2.25. The van der Waals surface area contributed by atoms with E-state index in [4.69, 9.17) is 14.2 Å². The zero-order valence-corrected chi connectivity index (χ0v) is 13.4. The molecule has 0 aliphatic carbocycles. The minimum Gasteiger partial charge on any atom is -0.481 e. The van der Waals surface area contributed by atoms with Gasteiger partial charge in [0.25, 0.3) is 5.91 Å². The Balaban J connectivity index is 1.35. The summed E-state index contributed by atoms with van der Waals surface area (Å²) in [6, 6.07) is 7.40. The van der Waals surface area contributed by atoms with Crippen molar-refractivity contribution in [2.75, 3.05) is 6.79 Å². The molecule has 1 aromatic carbocycles. The number of nitrogens with one attached hydrogen (secondary N) is 1. The second kappa shape index (κ2) is 6.07. The van der Waals surface area contributed by atoms with Crippen LogP contribution in [0.1, 0.15) is 19.0 Å². The average Bonchev–Trinajstić information content (AvgIpc) is 3.22. The van der Waals surface area contributed by atoms with Crippen LogP contribution >= 0.6 is 0 Å². The number of aromatic nitrogens is 2. The van der Waals surface area contributed by atoms with Gasteiger partial charge in [0, 0.05) is 37.0 Å². The quantitative estimate of drug-likeness (QED) is 0.920. The monoisotopic (exact) mass is 329 g/mol. The third kappa shape index (κ3) is 2.89. The van der Waals surface area contributed by atoms with E-state index < -0.39 is 6.10 Å². The van der Waals surface area contributed by atoms with Gasteiger partial charge in [0.2, 0.25) is 6.79 Å². The molecular weight excluding hydrogens is 310 g/mol. The van der Waals surface area contributed by atoms with E-state index in [9.17, 15) is 4.79 Å². The van der Waals surface area contributed by atoms with Gasteiger partial charge in [-0.15, -0.1) is 0 Å². The molecule has 2 aliphatic rings. The number of fused-ring (bicyclic) bond motifs is 2. The van der Waals surface area contributed by atoms with E-state index in [-0.39, 0.29) is 18.7 Å². The molecule has 0 saturated heterocycles. The van der Waals surface area contributed by atoms with Gasteiger partial charge in [-0.05, 0) is 31.5 Å². The van der Waals surface area contributed by atoms with Crippen molar-refractivity contribution in [1.29, 1.82) is 0 Å². The Hall–Kier alpha value is -2.70. The number of hydrogen-bond acceptors (Lipinski definition) is 5. The Kier molecular flexibility index (Phi) is 3.76. The highest BCUT2D eigenvalue weighted by Gasteiger charge is 2.24. The summed E-state index contributed by atoms with van der Waals surface area (Å²) in [7, 11) is 0. The topological polar surface area (TPSA) is 74.6 Å². The van der Waals surface area contributed by atoms with Crippen LogP contribution in [0.25, 0.3) is 0 Å². The molecule has 0 radical (unpaired) electrons. The smallest absolute Gasteiger partial charge is 0.261 e. The summed E-state index contributed by atoms with van der Waals surface area (Å²) in [5.74, 6) is 1.80. The molecule has 4 rings (SSSR count). The summed E-state index contributed by atoms with van der Waals surface area (Å²) in [5.41, 5.74) is 1.15. The molecule has 3 heterocycles. The van der Waals surface area contributed by atoms with Crippen LogP contribution in [0, 0.1) is 0 Å². The van der Waals surface area contributed by atoms with Gasteiger partial charge < -0.3 is 19.5 Å². The zero-order valence-electron chi connectivity index (χ0n) is 13.4. The van der Waals surface area contributed by atoms with Crippen molar-refractivity contribution in [3.05, 3.63) is 36.2 Å². The van der Waals surface area contributed by atoms with Gasteiger partial charge in [-0.25, -0.2) is 0 Å². The van der Waals surface area contributed by atoms with Gasteiger partial charge in [0.15, 0.2) is 17.6 Å². The summed E-state index contributed by atoms with van der Waals surface area (Å²) in [4.78, 5) is 12.4. The maximum atomic E-state index is 12.4. The van der Waals surface area contributed by atoms with E-state index >= 15 is 0 Å². The van der Waals surface area contributed by atoms with E-state index in [0.717, 1.165) is 25.1 Å². The largest absolute Gasteiger partial charge is 0.481 e. The molecule has 126 valence electrons. The van der Waals surface area contributed by atoms with Crippen molar-refractivity contribution in [2.24, 2.45) is 0 Å². The van der Waals surface area contributed by atoms with Gasteiger partial charge >= 0.3 is 0 Å². The number of carbonyl (C=O) groups excluding carboxylic acids is 1. The predicted molar refractivity (Wildman–Crippen MR) is 85.1 cm³/mol. The van der Waals surface area contributed by atoms with Crippen molar-refractivity contribution < 1.29 is 19.0 Å². The Bertz CT molecular complexity index is 758. The molecule has 0 unspecified atom stereocenters. The first-order valence-corrected chi connectivity index (χ1v) is 8.06. The van der Waals surface area contributed by atoms with Gasteiger partial charge in [0.05, 0.1) is 0 Å². The molecule has 2 aromatic rings. The van der Waals surface area contributed by atoms with E-state index in [1.165, 1.54) is 0 Å². The number of benzene rings is 1. The highest BCUT2D eigenvalue weighted by atomic mass is 16.7. The minimum absolute atomic E-state index is 0.115. The highest BCUT2D eigenvalue weighted by molar-refractivity contribution is 5.81. The third-order valence-corrected chi connectivity index (χ3v) is 4.32. The maximum absolute atomic E-state index is 12.4.